The van der Waals surface area contributed by atoms with Gasteiger partial charge in [-0.15, -0.1) is 11.8 Å². The molecule has 1 unspecified atom stereocenters. The Kier molecular flexibility index (Phi) is 3.92. The number of rotatable bonds is 5. The van der Waals surface area contributed by atoms with Crippen molar-refractivity contribution in [3.8, 4) is 0 Å². The Morgan fingerprint density at radius 2 is 2.11 bits per heavy atom. The first-order valence-corrected chi connectivity index (χ1v) is 7.98. The van der Waals surface area contributed by atoms with E-state index in [-0.39, 0.29) is 0 Å². The Morgan fingerprint density at radius 1 is 1.28 bits per heavy atom. The van der Waals surface area contributed by atoms with Crippen LogP contribution in [0.4, 0.5) is 0 Å². The molecule has 3 heteroatoms. The smallest absolute Gasteiger partial charge is 0.0339 e. The fourth-order valence-corrected chi connectivity index (χ4v) is 3.79. The van der Waals surface area contributed by atoms with Crippen LogP contribution in [0.1, 0.15) is 30.9 Å². The summed E-state index contributed by atoms with van der Waals surface area (Å²) >= 11 is 2.00. The van der Waals surface area contributed by atoms with Crippen molar-refractivity contribution in [2.75, 3.05) is 25.9 Å². The Morgan fingerprint density at radius 3 is 2.94 bits per heavy atom. The van der Waals surface area contributed by atoms with Gasteiger partial charge >= 0.3 is 0 Å². The first kappa shape index (κ1) is 12.5. The van der Waals surface area contributed by atoms with Gasteiger partial charge in [0.2, 0.25) is 0 Å². The molecule has 0 spiro atoms. The van der Waals surface area contributed by atoms with E-state index < -0.39 is 0 Å². The second kappa shape index (κ2) is 5.64. The standard InChI is InChI=1S/C15H22N2S/c1-17(12-6-7-12)10-9-16-14-8-11-18-15-5-3-2-4-13(14)15/h2-5,12,14,16H,6-11H2,1H3. The van der Waals surface area contributed by atoms with Gasteiger partial charge in [-0.1, -0.05) is 18.2 Å². The molecule has 2 nitrogen and oxygen atoms in total. The van der Waals surface area contributed by atoms with E-state index in [9.17, 15) is 0 Å². The molecule has 3 rings (SSSR count). The molecule has 1 fully saturated rings. The van der Waals surface area contributed by atoms with Gasteiger partial charge in [0.15, 0.2) is 0 Å². The van der Waals surface area contributed by atoms with Gasteiger partial charge in [0, 0.05) is 30.1 Å². The molecule has 0 amide bonds. The molecule has 1 atom stereocenters. The minimum atomic E-state index is 0.565. The van der Waals surface area contributed by atoms with Crippen LogP contribution in [0.5, 0.6) is 0 Å². The first-order chi connectivity index (χ1) is 8.84. The van der Waals surface area contributed by atoms with Crippen LogP contribution in [0, 0.1) is 0 Å². The van der Waals surface area contributed by atoms with Crippen molar-refractivity contribution in [1.82, 2.24) is 10.2 Å². The van der Waals surface area contributed by atoms with E-state index in [0.717, 1.165) is 12.6 Å². The average molecular weight is 262 g/mol. The van der Waals surface area contributed by atoms with Gasteiger partial charge < -0.3 is 10.2 Å². The summed E-state index contributed by atoms with van der Waals surface area (Å²) in [6.07, 6.45) is 4.06. The Labute approximate surface area is 114 Å². The first-order valence-electron chi connectivity index (χ1n) is 7.00. The highest BCUT2D eigenvalue weighted by atomic mass is 32.2. The zero-order valence-electron chi connectivity index (χ0n) is 11.1. The van der Waals surface area contributed by atoms with Crippen LogP contribution < -0.4 is 5.32 Å². The van der Waals surface area contributed by atoms with E-state index in [4.69, 9.17) is 0 Å². The number of hydrogen-bond donors (Lipinski definition) is 1. The minimum absolute atomic E-state index is 0.565. The lowest BCUT2D eigenvalue weighted by molar-refractivity contribution is 0.313. The quantitative estimate of drug-likeness (QED) is 0.878. The van der Waals surface area contributed by atoms with Gasteiger partial charge in [-0.25, -0.2) is 0 Å². The molecule has 0 bridgehead atoms. The summed E-state index contributed by atoms with van der Waals surface area (Å²) in [5, 5.41) is 3.74. The third-order valence-corrected chi connectivity index (χ3v) is 5.11. The topological polar surface area (TPSA) is 15.3 Å². The summed E-state index contributed by atoms with van der Waals surface area (Å²) in [6.45, 7) is 2.28. The maximum Gasteiger partial charge on any atom is 0.0339 e. The summed E-state index contributed by atoms with van der Waals surface area (Å²) in [5.41, 5.74) is 1.50. The lowest BCUT2D eigenvalue weighted by atomic mass is 10.0. The van der Waals surface area contributed by atoms with Gasteiger partial charge in [-0.3, -0.25) is 0 Å². The number of benzene rings is 1. The van der Waals surface area contributed by atoms with Crippen molar-refractivity contribution in [3.63, 3.8) is 0 Å². The number of thioether (sulfide) groups is 1. The molecule has 1 aromatic carbocycles. The van der Waals surface area contributed by atoms with Crippen LogP contribution in [0.2, 0.25) is 0 Å². The predicted octanol–water partition coefficient (Wildman–Crippen LogP) is 2.91. The molecular weight excluding hydrogens is 240 g/mol. The molecule has 1 N–H and O–H groups in total. The number of fused-ring (bicyclic) bond motifs is 1. The van der Waals surface area contributed by atoms with Crippen LogP contribution in [0.15, 0.2) is 29.2 Å². The highest BCUT2D eigenvalue weighted by molar-refractivity contribution is 7.99. The van der Waals surface area contributed by atoms with Crippen LogP contribution in [-0.2, 0) is 0 Å². The van der Waals surface area contributed by atoms with Gasteiger partial charge in [0.05, 0.1) is 0 Å². The molecule has 0 aromatic heterocycles. The van der Waals surface area contributed by atoms with Gasteiger partial charge in [0.1, 0.15) is 0 Å². The molecule has 1 aliphatic heterocycles. The molecule has 1 aliphatic carbocycles. The van der Waals surface area contributed by atoms with Crippen molar-refractivity contribution in [2.45, 2.75) is 36.2 Å². The van der Waals surface area contributed by atoms with Crippen molar-refractivity contribution in [1.29, 1.82) is 0 Å². The lowest BCUT2D eigenvalue weighted by Gasteiger charge is -2.27. The zero-order valence-corrected chi connectivity index (χ0v) is 11.9. The van der Waals surface area contributed by atoms with Crippen molar-refractivity contribution in [2.24, 2.45) is 0 Å². The van der Waals surface area contributed by atoms with Crippen molar-refractivity contribution in [3.05, 3.63) is 29.8 Å². The third-order valence-electron chi connectivity index (χ3n) is 3.98. The van der Waals surface area contributed by atoms with Crippen molar-refractivity contribution < 1.29 is 0 Å². The van der Waals surface area contributed by atoms with E-state index in [1.807, 2.05) is 11.8 Å². The van der Waals surface area contributed by atoms with Gasteiger partial charge in [-0.05, 0) is 43.7 Å². The second-order valence-electron chi connectivity index (χ2n) is 5.39. The van der Waals surface area contributed by atoms with Crippen LogP contribution in [-0.4, -0.2) is 36.8 Å². The normalized spacial score (nSPS) is 23.1. The molecule has 0 radical (unpaired) electrons. The fourth-order valence-electron chi connectivity index (χ4n) is 2.67. The molecule has 1 aromatic rings. The maximum atomic E-state index is 3.74. The SMILES string of the molecule is CN(CCNC1CCSc2ccccc21)C1CC1. The Balaban J connectivity index is 1.53. The van der Waals surface area contributed by atoms with Crippen LogP contribution in [0.3, 0.4) is 0 Å². The Hall–Kier alpha value is -0.510. The number of nitrogens with one attached hydrogen (secondary N) is 1. The van der Waals surface area contributed by atoms with E-state index in [2.05, 4.69) is 41.5 Å². The molecular formula is C15H22N2S. The monoisotopic (exact) mass is 262 g/mol. The summed E-state index contributed by atoms with van der Waals surface area (Å²) in [5.74, 6) is 1.24. The Bertz CT molecular complexity index is 403. The van der Waals surface area contributed by atoms with Crippen LogP contribution >= 0.6 is 11.8 Å². The minimum Gasteiger partial charge on any atom is -0.309 e. The highest BCUT2D eigenvalue weighted by Gasteiger charge is 2.26. The van der Waals surface area contributed by atoms with Gasteiger partial charge in [0.25, 0.3) is 0 Å². The zero-order chi connectivity index (χ0) is 12.4. The summed E-state index contributed by atoms with van der Waals surface area (Å²) in [6, 6.07) is 10.3. The molecule has 2 aliphatic rings. The summed E-state index contributed by atoms with van der Waals surface area (Å²) < 4.78 is 0. The third kappa shape index (κ3) is 2.90. The second-order valence-corrected chi connectivity index (χ2v) is 6.53. The van der Waals surface area contributed by atoms with E-state index >= 15 is 0 Å². The van der Waals surface area contributed by atoms with Crippen molar-refractivity contribution >= 4 is 11.8 Å². The van der Waals surface area contributed by atoms with Gasteiger partial charge in [-0.2, -0.15) is 0 Å². The lowest BCUT2D eigenvalue weighted by Crippen LogP contribution is -2.33. The number of nitrogens with zero attached hydrogens (tertiary/aromatic N) is 1. The molecule has 1 saturated carbocycles. The highest BCUT2D eigenvalue weighted by Crippen LogP contribution is 2.35. The number of likely N-dealkylation sites (N-methyl/N-ethyl adjacent to an activating group) is 1. The summed E-state index contributed by atoms with van der Waals surface area (Å²) in [7, 11) is 2.25. The van der Waals surface area contributed by atoms with E-state index in [1.165, 1.54) is 42.0 Å². The number of hydrogen-bond acceptors (Lipinski definition) is 3. The van der Waals surface area contributed by atoms with E-state index in [0.29, 0.717) is 6.04 Å². The molecule has 0 saturated heterocycles. The van der Waals surface area contributed by atoms with E-state index in [1.54, 1.807) is 0 Å². The molecule has 98 valence electrons. The van der Waals surface area contributed by atoms with Crippen LogP contribution in [0.25, 0.3) is 0 Å². The largest absolute Gasteiger partial charge is 0.309 e. The average Bonchev–Trinajstić information content (AvgIpc) is 3.23. The predicted molar refractivity (Wildman–Crippen MR) is 78.2 cm³/mol. The molecule has 1 heterocycles. The molecule has 18 heavy (non-hydrogen) atoms. The fraction of sp³-hybridized carbons (Fsp3) is 0.600. The summed E-state index contributed by atoms with van der Waals surface area (Å²) in [4.78, 5) is 3.97. The maximum absolute atomic E-state index is 3.74.